The molecule has 1 aromatic heterocycles. The number of benzene rings is 1. The highest BCUT2D eigenvalue weighted by molar-refractivity contribution is 6.35. The lowest BCUT2D eigenvalue weighted by Crippen LogP contribution is -1.83. The lowest BCUT2D eigenvalue weighted by Gasteiger charge is -1.97. The van der Waals surface area contributed by atoms with Gasteiger partial charge in [-0.2, -0.15) is 5.10 Å². The summed E-state index contributed by atoms with van der Waals surface area (Å²) in [7, 11) is 0. The summed E-state index contributed by atoms with van der Waals surface area (Å²) in [4.78, 5) is 0. The Labute approximate surface area is 84.7 Å². The molecule has 0 amide bonds. The van der Waals surface area contributed by atoms with Crippen LogP contribution in [-0.2, 0) is 0 Å². The summed E-state index contributed by atoms with van der Waals surface area (Å²) in [5.41, 5.74) is 6.60. The number of H-pyrrole nitrogens is 1. The van der Waals surface area contributed by atoms with E-state index in [1.54, 1.807) is 12.1 Å². The summed E-state index contributed by atoms with van der Waals surface area (Å²) in [5, 5.41) is 6.68. The van der Waals surface area contributed by atoms with E-state index in [0.717, 1.165) is 0 Å². The lowest BCUT2D eigenvalue weighted by molar-refractivity contribution is 0.628. The van der Waals surface area contributed by atoms with E-state index >= 15 is 0 Å². The number of aromatic nitrogens is 2. The first-order chi connectivity index (χ1) is 6.68. The summed E-state index contributed by atoms with van der Waals surface area (Å²) in [6.07, 6.45) is 0. The zero-order valence-corrected chi connectivity index (χ0v) is 7.85. The van der Waals surface area contributed by atoms with Crippen molar-refractivity contribution in [2.24, 2.45) is 0 Å². The molecule has 0 fully saturated rings. The molecule has 72 valence electrons. The third-order valence-electron chi connectivity index (χ3n) is 1.85. The van der Waals surface area contributed by atoms with Gasteiger partial charge in [-0.25, -0.2) is 4.39 Å². The first-order valence-electron chi connectivity index (χ1n) is 3.94. The Morgan fingerprint density at radius 1 is 1.43 bits per heavy atom. The van der Waals surface area contributed by atoms with Crippen LogP contribution in [0.1, 0.15) is 0 Å². The van der Waals surface area contributed by atoms with E-state index in [9.17, 15) is 4.39 Å². The van der Waals surface area contributed by atoms with Crippen molar-refractivity contribution in [1.29, 1.82) is 0 Å². The van der Waals surface area contributed by atoms with Crippen molar-refractivity contribution in [3.05, 3.63) is 35.1 Å². The molecule has 0 saturated carbocycles. The molecule has 5 heteroatoms. The van der Waals surface area contributed by atoms with E-state index in [2.05, 4.69) is 10.2 Å². The zero-order valence-electron chi connectivity index (χ0n) is 7.09. The molecular formula is C9H7ClFN3. The molecule has 1 heterocycles. The van der Waals surface area contributed by atoms with Gasteiger partial charge in [0.1, 0.15) is 10.8 Å². The summed E-state index contributed by atoms with van der Waals surface area (Å²) in [6, 6.07) is 6.04. The Balaban J connectivity index is 2.55. The molecule has 14 heavy (non-hydrogen) atoms. The van der Waals surface area contributed by atoms with Crippen LogP contribution in [0.25, 0.3) is 11.3 Å². The number of nitrogens with zero attached hydrogens (tertiary/aromatic N) is 1. The molecule has 3 N–H and O–H groups in total. The van der Waals surface area contributed by atoms with Crippen molar-refractivity contribution < 1.29 is 4.39 Å². The van der Waals surface area contributed by atoms with E-state index in [1.807, 2.05) is 0 Å². The van der Waals surface area contributed by atoms with Crippen LogP contribution in [0.5, 0.6) is 0 Å². The van der Waals surface area contributed by atoms with Gasteiger partial charge in [0.25, 0.3) is 0 Å². The number of halogens is 2. The Kier molecular flexibility index (Phi) is 2.13. The summed E-state index contributed by atoms with van der Waals surface area (Å²) >= 11 is 5.85. The van der Waals surface area contributed by atoms with Crippen LogP contribution >= 0.6 is 11.6 Å². The van der Waals surface area contributed by atoms with Crippen molar-refractivity contribution in [1.82, 2.24) is 10.2 Å². The molecule has 0 aliphatic heterocycles. The predicted molar refractivity (Wildman–Crippen MR) is 53.4 cm³/mol. The molecular weight excluding hydrogens is 205 g/mol. The number of nitrogens with two attached hydrogens (primary N) is 1. The molecule has 0 aliphatic carbocycles. The summed E-state index contributed by atoms with van der Waals surface area (Å²) in [5.74, 6) is -0.113. The van der Waals surface area contributed by atoms with Crippen LogP contribution in [0.2, 0.25) is 5.02 Å². The fourth-order valence-corrected chi connectivity index (χ4v) is 1.37. The first-order valence-corrected chi connectivity index (χ1v) is 4.31. The van der Waals surface area contributed by atoms with Crippen LogP contribution < -0.4 is 5.73 Å². The van der Waals surface area contributed by atoms with Crippen LogP contribution in [-0.4, -0.2) is 10.2 Å². The topological polar surface area (TPSA) is 54.7 Å². The standard InChI is InChI=1S/C9H7ClFN3/c10-7-8(13-14-9(7)12)5-2-1-3-6(11)4-5/h1-4H,(H3,12,13,14). The smallest absolute Gasteiger partial charge is 0.164 e. The van der Waals surface area contributed by atoms with Crippen LogP contribution in [0.3, 0.4) is 0 Å². The maximum Gasteiger partial charge on any atom is 0.164 e. The van der Waals surface area contributed by atoms with E-state index in [4.69, 9.17) is 17.3 Å². The third kappa shape index (κ3) is 1.44. The number of hydrogen-bond donors (Lipinski definition) is 2. The normalized spacial score (nSPS) is 10.4. The summed E-state index contributed by atoms with van der Waals surface area (Å²) in [6.45, 7) is 0. The van der Waals surface area contributed by atoms with Crippen molar-refractivity contribution >= 4 is 17.4 Å². The Morgan fingerprint density at radius 3 is 2.79 bits per heavy atom. The summed E-state index contributed by atoms with van der Waals surface area (Å²) < 4.78 is 12.9. The predicted octanol–water partition coefficient (Wildman–Crippen LogP) is 2.45. The van der Waals surface area contributed by atoms with Gasteiger partial charge in [-0.3, -0.25) is 5.10 Å². The van der Waals surface area contributed by atoms with E-state index in [1.165, 1.54) is 12.1 Å². The Bertz CT molecular complexity index is 467. The van der Waals surface area contributed by atoms with Crippen molar-refractivity contribution in [3.63, 3.8) is 0 Å². The highest BCUT2D eigenvalue weighted by Crippen LogP contribution is 2.29. The van der Waals surface area contributed by atoms with E-state index < -0.39 is 0 Å². The molecule has 0 unspecified atom stereocenters. The minimum absolute atomic E-state index is 0.214. The van der Waals surface area contributed by atoms with Gasteiger partial charge in [-0.1, -0.05) is 23.7 Å². The largest absolute Gasteiger partial charge is 0.381 e. The maximum absolute atomic E-state index is 12.9. The van der Waals surface area contributed by atoms with Gasteiger partial charge in [0.2, 0.25) is 0 Å². The van der Waals surface area contributed by atoms with Gasteiger partial charge in [0.15, 0.2) is 5.82 Å². The van der Waals surface area contributed by atoms with E-state index in [-0.39, 0.29) is 11.6 Å². The van der Waals surface area contributed by atoms with Crippen molar-refractivity contribution in [3.8, 4) is 11.3 Å². The number of anilines is 1. The molecule has 0 spiro atoms. The fraction of sp³-hybridized carbons (Fsp3) is 0. The molecule has 2 rings (SSSR count). The molecule has 3 nitrogen and oxygen atoms in total. The van der Waals surface area contributed by atoms with Crippen LogP contribution in [0.15, 0.2) is 24.3 Å². The molecule has 1 aromatic carbocycles. The second kappa shape index (κ2) is 3.31. The van der Waals surface area contributed by atoms with Crippen molar-refractivity contribution in [2.45, 2.75) is 0 Å². The third-order valence-corrected chi connectivity index (χ3v) is 2.23. The van der Waals surface area contributed by atoms with Gasteiger partial charge in [-0.05, 0) is 12.1 Å². The van der Waals surface area contributed by atoms with Crippen LogP contribution in [0.4, 0.5) is 10.2 Å². The molecule has 0 aliphatic rings. The quantitative estimate of drug-likeness (QED) is 0.761. The molecule has 0 radical (unpaired) electrons. The number of nitrogens with one attached hydrogen (secondary N) is 1. The maximum atomic E-state index is 12.9. The highest BCUT2D eigenvalue weighted by atomic mass is 35.5. The molecule has 0 bridgehead atoms. The number of rotatable bonds is 1. The van der Waals surface area contributed by atoms with Crippen LogP contribution in [0, 0.1) is 5.82 Å². The van der Waals surface area contributed by atoms with Gasteiger partial charge >= 0.3 is 0 Å². The Hall–Kier alpha value is -1.55. The lowest BCUT2D eigenvalue weighted by atomic mass is 10.1. The molecule has 2 aromatic rings. The SMILES string of the molecule is Nc1n[nH]c(-c2cccc(F)c2)c1Cl. The first kappa shape index (κ1) is 9.02. The second-order valence-corrected chi connectivity index (χ2v) is 3.19. The average molecular weight is 212 g/mol. The van der Waals surface area contributed by atoms with Crippen molar-refractivity contribution in [2.75, 3.05) is 5.73 Å². The zero-order chi connectivity index (χ0) is 10.1. The van der Waals surface area contributed by atoms with Gasteiger partial charge < -0.3 is 5.73 Å². The number of hydrogen-bond acceptors (Lipinski definition) is 2. The molecule has 0 atom stereocenters. The average Bonchev–Trinajstić information content (AvgIpc) is 2.48. The van der Waals surface area contributed by atoms with Gasteiger partial charge in [-0.15, -0.1) is 0 Å². The number of aromatic amines is 1. The number of nitrogen functional groups attached to an aromatic ring is 1. The molecule has 0 saturated heterocycles. The van der Waals surface area contributed by atoms with Gasteiger partial charge in [0.05, 0.1) is 5.69 Å². The fourth-order valence-electron chi connectivity index (χ4n) is 1.18. The van der Waals surface area contributed by atoms with E-state index in [0.29, 0.717) is 16.3 Å². The van der Waals surface area contributed by atoms with Gasteiger partial charge in [0, 0.05) is 5.56 Å². The minimum atomic E-state index is -0.327. The monoisotopic (exact) mass is 211 g/mol. The Morgan fingerprint density at radius 2 is 2.21 bits per heavy atom. The minimum Gasteiger partial charge on any atom is -0.381 e. The second-order valence-electron chi connectivity index (χ2n) is 2.81. The highest BCUT2D eigenvalue weighted by Gasteiger charge is 2.10.